The van der Waals surface area contributed by atoms with E-state index in [0.29, 0.717) is 0 Å². The molecule has 1 heterocycles. The summed E-state index contributed by atoms with van der Waals surface area (Å²) in [4.78, 5) is 0. The topological polar surface area (TPSA) is 116 Å². The van der Waals surface area contributed by atoms with E-state index in [2.05, 4.69) is 0 Å². The van der Waals surface area contributed by atoms with Gasteiger partial charge in [-0.05, 0) is 0 Å². The zero-order valence-corrected chi connectivity index (χ0v) is 7.59. The Morgan fingerprint density at radius 1 is 1.15 bits per heavy atom. The van der Waals surface area contributed by atoms with Crippen molar-refractivity contribution in [3.63, 3.8) is 0 Å². The molecule has 0 radical (unpaired) electrons. The first-order valence-corrected chi connectivity index (χ1v) is 3.64. The zero-order chi connectivity index (χ0) is 9.30. The van der Waals surface area contributed by atoms with E-state index in [9.17, 15) is 10.2 Å². The van der Waals surface area contributed by atoms with Gasteiger partial charge >= 0.3 is 0 Å². The molecule has 6 nitrogen and oxygen atoms in total. The van der Waals surface area contributed by atoms with E-state index in [1.165, 1.54) is 0 Å². The van der Waals surface area contributed by atoms with Gasteiger partial charge in [0.25, 0.3) is 0 Å². The maximum atomic E-state index is 9.20. The van der Waals surface area contributed by atoms with Gasteiger partial charge in [0.05, 0.1) is 12.6 Å². The largest absolute Gasteiger partial charge is 0.394 e. The second-order valence-corrected chi connectivity index (χ2v) is 2.81. The number of aliphatic hydroxyl groups is 4. The molecule has 5 atom stereocenters. The fourth-order valence-corrected chi connectivity index (χ4v) is 1.12. The van der Waals surface area contributed by atoms with Crippen LogP contribution in [0.15, 0.2) is 0 Å². The maximum absolute atomic E-state index is 9.20. The molecule has 13 heavy (non-hydrogen) atoms. The van der Waals surface area contributed by atoms with E-state index in [4.69, 9.17) is 20.7 Å². The van der Waals surface area contributed by atoms with Gasteiger partial charge in [0, 0.05) is 0 Å². The molecule has 0 bridgehead atoms. The molecule has 0 aromatic rings. The van der Waals surface area contributed by atoms with Gasteiger partial charge in [-0.1, -0.05) is 0 Å². The number of halogens is 1. The van der Waals surface area contributed by atoms with Crippen LogP contribution in [0, 0.1) is 0 Å². The quantitative estimate of drug-likeness (QED) is 0.322. The first-order valence-electron chi connectivity index (χ1n) is 3.64. The summed E-state index contributed by atoms with van der Waals surface area (Å²) in [5.74, 6) is 0. The van der Waals surface area contributed by atoms with Crippen molar-refractivity contribution >= 4 is 12.4 Å². The standard InChI is InChI=1S/C6H13NO5.ClH/c7-3-5(10)4(9)2(1-8)12-6(3)11;/h2-6,8-11H,1,7H2;1H/t2-,3+,4-,5-,6?;/m0./s1. The maximum Gasteiger partial charge on any atom is 0.173 e. The molecular weight excluding hydrogens is 202 g/mol. The van der Waals surface area contributed by atoms with E-state index >= 15 is 0 Å². The highest BCUT2D eigenvalue weighted by Crippen LogP contribution is 2.17. The average molecular weight is 216 g/mol. The number of ether oxygens (including phenoxy) is 1. The van der Waals surface area contributed by atoms with Crippen molar-refractivity contribution in [1.82, 2.24) is 0 Å². The number of nitrogens with two attached hydrogens (primary N) is 1. The highest BCUT2D eigenvalue weighted by atomic mass is 35.5. The fraction of sp³-hybridized carbons (Fsp3) is 1.00. The number of hydrogen-bond acceptors (Lipinski definition) is 6. The molecule has 80 valence electrons. The van der Waals surface area contributed by atoms with Gasteiger partial charge in [0.2, 0.25) is 0 Å². The predicted molar refractivity (Wildman–Crippen MR) is 45.2 cm³/mol. The first kappa shape index (κ1) is 13.1. The molecule has 1 fully saturated rings. The van der Waals surface area contributed by atoms with Crippen LogP contribution in [0.4, 0.5) is 0 Å². The lowest BCUT2D eigenvalue weighted by Gasteiger charge is -2.38. The second-order valence-electron chi connectivity index (χ2n) is 2.81. The van der Waals surface area contributed by atoms with Gasteiger partial charge in [-0.25, -0.2) is 0 Å². The molecule has 1 aliphatic heterocycles. The molecule has 0 saturated carbocycles. The van der Waals surface area contributed by atoms with Crippen LogP contribution in [-0.2, 0) is 4.74 Å². The lowest BCUT2D eigenvalue weighted by molar-refractivity contribution is -0.248. The fourth-order valence-electron chi connectivity index (χ4n) is 1.12. The van der Waals surface area contributed by atoms with Crippen LogP contribution >= 0.6 is 12.4 Å². The Balaban J connectivity index is 0.00000144. The molecule has 0 aliphatic carbocycles. The SMILES string of the molecule is Cl.N[C@H]1C(O)O[C@@H](CO)[C@H](O)[C@H]1O. The molecule has 0 aromatic heterocycles. The molecule has 0 amide bonds. The molecule has 7 heteroatoms. The van der Waals surface area contributed by atoms with Gasteiger partial charge in [-0.15, -0.1) is 12.4 Å². The lowest BCUT2D eigenvalue weighted by Crippen LogP contribution is -2.61. The van der Waals surface area contributed by atoms with Crippen molar-refractivity contribution in [2.45, 2.75) is 30.6 Å². The summed E-state index contributed by atoms with van der Waals surface area (Å²) in [6, 6.07) is -1.04. The molecule has 1 unspecified atom stereocenters. The summed E-state index contributed by atoms with van der Waals surface area (Å²) in [5, 5.41) is 36.1. The van der Waals surface area contributed by atoms with Crippen LogP contribution in [-0.4, -0.2) is 57.7 Å². The Morgan fingerprint density at radius 2 is 1.69 bits per heavy atom. The minimum Gasteiger partial charge on any atom is -0.394 e. The van der Waals surface area contributed by atoms with Crippen LogP contribution in [0.2, 0.25) is 0 Å². The highest BCUT2D eigenvalue weighted by molar-refractivity contribution is 5.85. The average Bonchev–Trinajstić information content (AvgIpc) is 2.08. The monoisotopic (exact) mass is 215 g/mol. The lowest BCUT2D eigenvalue weighted by atomic mass is 9.98. The Hall–Kier alpha value is 0.0500. The van der Waals surface area contributed by atoms with Crippen LogP contribution in [0.5, 0.6) is 0 Å². The molecule has 6 N–H and O–H groups in total. The van der Waals surface area contributed by atoms with Gasteiger partial charge < -0.3 is 30.9 Å². The predicted octanol–water partition coefficient (Wildman–Crippen LogP) is -2.83. The third-order valence-electron chi connectivity index (χ3n) is 1.95. The Bertz CT molecular complexity index is 155. The van der Waals surface area contributed by atoms with Gasteiger partial charge in [-0.2, -0.15) is 0 Å². The summed E-state index contributed by atoms with van der Waals surface area (Å²) in [6.45, 7) is -0.470. The summed E-state index contributed by atoms with van der Waals surface area (Å²) >= 11 is 0. The molecule has 0 spiro atoms. The molecular formula is C6H14ClNO5. The molecule has 1 rings (SSSR count). The Labute approximate surface area is 81.3 Å². The third-order valence-corrected chi connectivity index (χ3v) is 1.95. The van der Waals surface area contributed by atoms with Crippen molar-refractivity contribution in [1.29, 1.82) is 0 Å². The number of hydrogen-bond donors (Lipinski definition) is 5. The van der Waals surface area contributed by atoms with Crippen molar-refractivity contribution in [3.8, 4) is 0 Å². The van der Waals surface area contributed by atoms with Gasteiger partial charge in [0.15, 0.2) is 6.29 Å². The summed E-state index contributed by atoms with van der Waals surface area (Å²) in [7, 11) is 0. The van der Waals surface area contributed by atoms with Crippen LogP contribution in [0.3, 0.4) is 0 Å². The smallest absolute Gasteiger partial charge is 0.173 e. The normalized spacial score (nSPS) is 45.5. The molecule has 1 aliphatic rings. The van der Waals surface area contributed by atoms with Gasteiger partial charge in [0.1, 0.15) is 18.3 Å². The second kappa shape index (κ2) is 5.06. The molecule has 1 saturated heterocycles. The minimum atomic E-state index is -1.35. The van der Waals surface area contributed by atoms with Crippen molar-refractivity contribution < 1.29 is 25.2 Å². The minimum absolute atomic E-state index is 0. The Kier molecular flexibility index (Phi) is 5.08. The van der Waals surface area contributed by atoms with Crippen LogP contribution in [0.1, 0.15) is 0 Å². The zero-order valence-electron chi connectivity index (χ0n) is 6.78. The summed E-state index contributed by atoms with van der Waals surface area (Å²) in [6.07, 6.45) is -4.85. The van der Waals surface area contributed by atoms with Crippen molar-refractivity contribution in [2.24, 2.45) is 5.73 Å². The van der Waals surface area contributed by atoms with E-state index in [-0.39, 0.29) is 12.4 Å². The van der Waals surface area contributed by atoms with E-state index in [0.717, 1.165) is 0 Å². The first-order chi connectivity index (χ1) is 5.57. The third kappa shape index (κ3) is 2.50. The van der Waals surface area contributed by atoms with Gasteiger partial charge in [-0.3, -0.25) is 0 Å². The van der Waals surface area contributed by atoms with E-state index in [1.54, 1.807) is 0 Å². The van der Waals surface area contributed by atoms with Crippen LogP contribution < -0.4 is 5.73 Å². The summed E-state index contributed by atoms with van der Waals surface area (Å²) < 4.78 is 4.70. The highest BCUT2D eigenvalue weighted by Gasteiger charge is 2.41. The Morgan fingerprint density at radius 3 is 2.15 bits per heavy atom. The van der Waals surface area contributed by atoms with E-state index < -0.39 is 37.3 Å². The van der Waals surface area contributed by atoms with E-state index in [1.807, 2.05) is 0 Å². The van der Waals surface area contributed by atoms with Crippen molar-refractivity contribution in [2.75, 3.05) is 6.61 Å². The molecule has 0 aromatic carbocycles. The number of rotatable bonds is 1. The number of aliphatic hydroxyl groups excluding tert-OH is 4. The van der Waals surface area contributed by atoms with Crippen molar-refractivity contribution in [3.05, 3.63) is 0 Å². The summed E-state index contributed by atoms with van der Waals surface area (Å²) in [5.41, 5.74) is 5.26. The van der Waals surface area contributed by atoms with Crippen LogP contribution in [0.25, 0.3) is 0 Å².